The van der Waals surface area contributed by atoms with Crippen LogP contribution in [0.25, 0.3) is 0 Å². The predicted octanol–water partition coefficient (Wildman–Crippen LogP) is 3.58. The van der Waals surface area contributed by atoms with Gasteiger partial charge in [0.1, 0.15) is 0 Å². The predicted molar refractivity (Wildman–Crippen MR) is 90.1 cm³/mol. The molecule has 4 heteroatoms. The Labute approximate surface area is 135 Å². The molecule has 0 unspecified atom stereocenters. The maximum atomic E-state index is 12.0. The number of nitrogens with zero attached hydrogens (tertiary/aromatic N) is 1. The van der Waals surface area contributed by atoms with Crippen LogP contribution in [0.3, 0.4) is 0 Å². The molecule has 0 saturated heterocycles. The Morgan fingerprint density at radius 3 is 3.00 bits per heavy atom. The molecule has 22 heavy (non-hydrogen) atoms. The average molecular weight is 314 g/mol. The van der Waals surface area contributed by atoms with E-state index in [-0.39, 0.29) is 5.91 Å². The van der Waals surface area contributed by atoms with Gasteiger partial charge in [-0.1, -0.05) is 29.8 Å². The minimum Gasteiger partial charge on any atom is -0.352 e. The summed E-state index contributed by atoms with van der Waals surface area (Å²) in [6, 6.07) is 8.24. The molecule has 0 saturated carbocycles. The molecular weight excluding hydrogens is 292 g/mol. The minimum atomic E-state index is 0.106. The fraction of sp³-hybridized carbons (Fsp3) is 0.444. The number of thiazole rings is 1. The molecule has 1 heterocycles. The number of hydrogen-bond acceptors (Lipinski definition) is 3. The van der Waals surface area contributed by atoms with Gasteiger partial charge in [-0.3, -0.25) is 4.79 Å². The first-order valence-electron chi connectivity index (χ1n) is 8.00. The zero-order chi connectivity index (χ0) is 15.4. The largest absolute Gasteiger partial charge is 0.352 e. The Balaban J connectivity index is 1.47. The van der Waals surface area contributed by atoms with Gasteiger partial charge in [0.15, 0.2) is 0 Å². The average Bonchev–Trinajstić information content (AvgIpc) is 2.94. The van der Waals surface area contributed by atoms with Crippen molar-refractivity contribution in [3.8, 4) is 0 Å². The molecule has 0 bridgehead atoms. The maximum Gasteiger partial charge on any atom is 0.220 e. The number of carbonyl (C=O) groups is 1. The Morgan fingerprint density at radius 2 is 2.18 bits per heavy atom. The van der Waals surface area contributed by atoms with Crippen molar-refractivity contribution >= 4 is 17.2 Å². The van der Waals surface area contributed by atoms with Crippen molar-refractivity contribution in [3.05, 3.63) is 51.0 Å². The standard InChI is InChI=1S/C18H22N2OS/c1-13-5-4-6-14(11-13)12-19-17(21)9-10-18-20-15-7-2-3-8-16(15)22-18/h4-6,11H,2-3,7-10,12H2,1H3,(H,19,21). The minimum absolute atomic E-state index is 0.106. The van der Waals surface area contributed by atoms with E-state index in [1.807, 2.05) is 12.1 Å². The highest BCUT2D eigenvalue weighted by Crippen LogP contribution is 2.27. The first-order valence-corrected chi connectivity index (χ1v) is 8.82. The van der Waals surface area contributed by atoms with Crippen molar-refractivity contribution < 1.29 is 4.79 Å². The molecule has 0 atom stereocenters. The van der Waals surface area contributed by atoms with Crippen LogP contribution in [-0.4, -0.2) is 10.9 Å². The lowest BCUT2D eigenvalue weighted by Crippen LogP contribution is -2.23. The second-order valence-electron chi connectivity index (χ2n) is 5.95. The van der Waals surface area contributed by atoms with Crippen molar-refractivity contribution in [1.82, 2.24) is 10.3 Å². The highest BCUT2D eigenvalue weighted by molar-refractivity contribution is 7.11. The van der Waals surface area contributed by atoms with Crippen molar-refractivity contribution in [2.75, 3.05) is 0 Å². The third-order valence-corrected chi connectivity index (χ3v) is 5.25. The van der Waals surface area contributed by atoms with E-state index in [4.69, 9.17) is 4.98 Å². The van der Waals surface area contributed by atoms with Crippen LogP contribution in [0, 0.1) is 6.92 Å². The van der Waals surface area contributed by atoms with E-state index >= 15 is 0 Å². The lowest BCUT2D eigenvalue weighted by molar-refractivity contribution is -0.121. The number of hydrogen-bond donors (Lipinski definition) is 1. The Bertz CT molecular complexity index is 639. The molecule has 0 fully saturated rings. The van der Waals surface area contributed by atoms with E-state index in [0.717, 1.165) is 23.4 Å². The summed E-state index contributed by atoms with van der Waals surface area (Å²) in [7, 11) is 0. The summed E-state index contributed by atoms with van der Waals surface area (Å²) in [5.41, 5.74) is 3.66. The number of amides is 1. The summed E-state index contributed by atoms with van der Waals surface area (Å²) in [6.07, 6.45) is 6.12. The van der Waals surface area contributed by atoms with Gasteiger partial charge < -0.3 is 5.32 Å². The van der Waals surface area contributed by atoms with Gasteiger partial charge in [-0.25, -0.2) is 4.98 Å². The summed E-state index contributed by atoms with van der Waals surface area (Å²) < 4.78 is 0. The van der Waals surface area contributed by atoms with Crippen LogP contribution in [0.1, 0.15) is 46.0 Å². The number of carbonyl (C=O) groups excluding carboxylic acids is 1. The monoisotopic (exact) mass is 314 g/mol. The molecular formula is C18H22N2OS. The van der Waals surface area contributed by atoms with Crippen molar-refractivity contribution in [1.29, 1.82) is 0 Å². The van der Waals surface area contributed by atoms with Crippen LogP contribution >= 0.6 is 11.3 Å². The fourth-order valence-electron chi connectivity index (χ4n) is 2.84. The van der Waals surface area contributed by atoms with Crippen LogP contribution in [0.4, 0.5) is 0 Å². The van der Waals surface area contributed by atoms with Gasteiger partial charge in [-0.05, 0) is 38.2 Å². The lowest BCUT2D eigenvalue weighted by Gasteiger charge is -2.06. The fourth-order valence-corrected chi connectivity index (χ4v) is 4.00. The van der Waals surface area contributed by atoms with Gasteiger partial charge in [-0.15, -0.1) is 11.3 Å². The number of benzene rings is 1. The van der Waals surface area contributed by atoms with Crippen LogP contribution in [0.15, 0.2) is 24.3 Å². The zero-order valence-corrected chi connectivity index (χ0v) is 13.8. The molecule has 0 aliphatic heterocycles. The smallest absolute Gasteiger partial charge is 0.220 e. The van der Waals surface area contributed by atoms with Crippen LogP contribution in [0.2, 0.25) is 0 Å². The van der Waals surface area contributed by atoms with Gasteiger partial charge in [0.25, 0.3) is 0 Å². The highest BCUT2D eigenvalue weighted by Gasteiger charge is 2.15. The maximum absolute atomic E-state index is 12.0. The first kappa shape index (κ1) is 15.2. The summed E-state index contributed by atoms with van der Waals surface area (Å²) >= 11 is 1.80. The van der Waals surface area contributed by atoms with Crippen molar-refractivity contribution in [2.45, 2.75) is 52.0 Å². The highest BCUT2D eigenvalue weighted by atomic mass is 32.1. The van der Waals surface area contributed by atoms with Gasteiger partial charge in [0, 0.05) is 24.3 Å². The SMILES string of the molecule is Cc1cccc(CNC(=O)CCc2nc3c(s2)CCCC3)c1. The molecule has 1 aromatic heterocycles. The van der Waals surface area contributed by atoms with Crippen LogP contribution in [-0.2, 0) is 30.6 Å². The quantitative estimate of drug-likeness (QED) is 0.916. The first-order chi connectivity index (χ1) is 10.7. The Hall–Kier alpha value is -1.68. The van der Waals surface area contributed by atoms with E-state index < -0.39 is 0 Å². The van der Waals surface area contributed by atoms with E-state index in [1.54, 1.807) is 11.3 Å². The van der Waals surface area contributed by atoms with E-state index in [1.165, 1.54) is 35.4 Å². The van der Waals surface area contributed by atoms with Crippen LogP contribution in [0.5, 0.6) is 0 Å². The molecule has 0 radical (unpaired) electrons. The molecule has 3 nitrogen and oxygen atoms in total. The molecule has 1 aliphatic carbocycles. The van der Waals surface area contributed by atoms with Crippen molar-refractivity contribution in [3.63, 3.8) is 0 Å². The molecule has 1 N–H and O–H groups in total. The van der Waals surface area contributed by atoms with E-state index in [9.17, 15) is 4.79 Å². The number of rotatable bonds is 5. The number of nitrogens with one attached hydrogen (secondary N) is 1. The third kappa shape index (κ3) is 3.95. The van der Waals surface area contributed by atoms with Gasteiger partial charge >= 0.3 is 0 Å². The Kier molecular flexibility index (Phi) is 4.88. The normalized spacial score (nSPS) is 13.7. The summed E-state index contributed by atoms with van der Waals surface area (Å²) in [5.74, 6) is 0.106. The van der Waals surface area contributed by atoms with Crippen molar-refractivity contribution in [2.24, 2.45) is 0 Å². The van der Waals surface area contributed by atoms with Gasteiger partial charge in [-0.2, -0.15) is 0 Å². The molecule has 0 spiro atoms. The summed E-state index contributed by atoms with van der Waals surface area (Å²) in [6.45, 7) is 2.67. The topological polar surface area (TPSA) is 42.0 Å². The van der Waals surface area contributed by atoms with E-state index in [0.29, 0.717) is 13.0 Å². The van der Waals surface area contributed by atoms with Gasteiger partial charge in [0.2, 0.25) is 5.91 Å². The zero-order valence-electron chi connectivity index (χ0n) is 13.0. The molecule has 3 rings (SSSR count). The second kappa shape index (κ2) is 7.05. The van der Waals surface area contributed by atoms with E-state index in [2.05, 4.69) is 24.4 Å². The van der Waals surface area contributed by atoms with Gasteiger partial charge in [0.05, 0.1) is 10.7 Å². The Morgan fingerprint density at radius 1 is 1.32 bits per heavy atom. The number of aromatic nitrogens is 1. The molecule has 1 amide bonds. The summed E-state index contributed by atoms with van der Waals surface area (Å²) in [5, 5.41) is 4.12. The number of fused-ring (bicyclic) bond motifs is 1. The molecule has 116 valence electrons. The second-order valence-corrected chi connectivity index (χ2v) is 7.12. The third-order valence-electron chi connectivity index (χ3n) is 4.03. The molecule has 1 aliphatic rings. The molecule has 2 aromatic rings. The lowest BCUT2D eigenvalue weighted by atomic mass is 10.0. The number of aryl methyl sites for hydroxylation is 4. The summed E-state index contributed by atoms with van der Waals surface area (Å²) in [4.78, 5) is 18.1. The molecule has 1 aromatic carbocycles. The van der Waals surface area contributed by atoms with Crippen LogP contribution < -0.4 is 5.32 Å².